The van der Waals surface area contributed by atoms with Crippen molar-refractivity contribution in [1.82, 2.24) is 25.8 Å². The number of nitrogens with one attached hydrogen (secondary N) is 3. The molecule has 3 fully saturated rings. The van der Waals surface area contributed by atoms with Crippen LogP contribution in [0.4, 0.5) is 10.5 Å². The zero-order valence-electron chi connectivity index (χ0n) is 32.2. The third-order valence-corrected chi connectivity index (χ3v) is 11.0. The zero-order chi connectivity index (χ0) is 39.4. The molecule has 1 aromatic carbocycles. The predicted molar refractivity (Wildman–Crippen MR) is 205 cm³/mol. The minimum absolute atomic E-state index is 0.0604. The summed E-state index contributed by atoms with van der Waals surface area (Å²) in [7, 11) is 0. The average molecular weight is 756 g/mol. The molecule has 53 heavy (non-hydrogen) atoms. The van der Waals surface area contributed by atoms with Crippen molar-refractivity contribution >= 4 is 52.7 Å². The monoisotopic (exact) mass is 755 g/mol. The molecule has 5 N–H and O–H groups in total. The van der Waals surface area contributed by atoms with Crippen molar-refractivity contribution in [2.75, 3.05) is 37.6 Å². The number of hydrogen-bond acceptors (Lipinski definition) is 7. The molecule has 1 aromatic rings. The minimum atomic E-state index is -1.12. The maximum absolute atomic E-state index is 14.6. The topological polar surface area (TPSA) is 174 Å². The number of benzene rings is 1. The van der Waals surface area contributed by atoms with Crippen molar-refractivity contribution < 1.29 is 28.8 Å². The van der Waals surface area contributed by atoms with Gasteiger partial charge in [-0.2, -0.15) is 0 Å². The molecule has 3 aliphatic rings. The van der Waals surface area contributed by atoms with E-state index in [1.54, 1.807) is 11.0 Å². The zero-order valence-corrected chi connectivity index (χ0v) is 32.9. The van der Waals surface area contributed by atoms with E-state index in [1.165, 1.54) is 4.90 Å². The van der Waals surface area contributed by atoms with Gasteiger partial charge in [0.2, 0.25) is 23.5 Å². The Kier molecular flexibility index (Phi) is 13.6. The second-order valence-corrected chi connectivity index (χ2v) is 17.0. The molecular formula is C39H58ClN7O6. The molecule has 0 spiro atoms. The number of carbonyl (C=O) groups is 6. The van der Waals surface area contributed by atoms with Crippen molar-refractivity contribution in [3.05, 3.63) is 41.9 Å². The number of carbonyl (C=O) groups excluding carboxylic acids is 6. The van der Waals surface area contributed by atoms with E-state index < -0.39 is 59.1 Å². The number of Topliss-reactive ketones (excluding diaryl/α,β-unsaturated/α-hetero) is 1. The molecule has 292 valence electrons. The summed E-state index contributed by atoms with van der Waals surface area (Å²) in [5, 5.41) is 9.11. The van der Waals surface area contributed by atoms with E-state index in [1.807, 2.05) is 72.7 Å². The molecule has 6 atom stereocenters. The van der Waals surface area contributed by atoms with Gasteiger partial charge in [-0.05, 0) is 59.6 Å². The molecule has 2 heterocycles. The Bertz CT molecular complexity index is 1550. The summed E-state index contributed by atoms with van der Waals surface area (Å²) in [6, 6.07) is 2.86. The van der Waals surface area contributed by atoms with Crippen LogP contribution in [0.25, 0.3) is 0 Å². The third kappa shape index (κ3) is 10.3. The van der Waals surface area contributed by atoms with Crippen LogP contribution in [0.3, 0.4) is 0 Å². The molecule has 6 amide bonds. The van der Waals surface area contributed by atoms with Gasteiger partial charge < -0.3 is 36.4 Å². The number of hydrogen-bond donors (Lipinski definition) is 4. The van der Waals surface area contributed by atoms with E-state index in [-0.39, 0.29) is 42.0 Å². The van der Waals surface area contributed by atoms with Gasteiger partial charge in [0.1, 0.15) is 18.1 Å². The fourth-order valence-corrected chi connectivity index (χ4v) is 7.77. The highest BCUT2D eigenvalue weighted by Gasteiger charge is 2.51. The van der Waals surface area contributed by atoms with Crippen LogP contribution < -0.4 is 26.6 Å². The highest BCUT2D eigenvalue weighted by molar-refractivity contribution is 6.37. The molecule has 4 rings (SSSR count). The summed E-state index contributed by atoms with van der Waals surface area (Å²) in [4.78, 5) is 86.3. The standard InChI is InChI=1S/C39H58ClN7O6/c1-9-25-21-47(31(29(25)22(2)3)35(50)42-28(19-24-13-14-24)32(48)34(41)49)37(52)33(39(6,7)8)44-38(53)43-30(23(4)5)36(51)46-17-15-45(16-18-46)27-12-10-11-26(40)20-27/h9-12,20,22-25,28-31,33H,1,13-19,21H2,2-8H3,(H2,41,49)(H,42,50)(H2,43,44,53)/t25-,28?,29-,30-,31-,33+/m0/s1. The first-order valence-electron chi connectivity index (χ1n) is 18.8. The smallest absolute Gasteiger partial charge is 0.316 e. The number of anilines is 1. The number of piperazine rings is 1. The molecule has 1 aliphatic carbocycles. The molecule has 2 saturated heterocycles. The Balaban J connectivity index is 1.51. The number of rotatable bonds is 14. The van der Waals surface area contributed by atoms with Crippen molar-refractivity contribution in [2.24, 2.45) is 40.7 Å². The molecule has 14 heteroatoms. The molecule has 0 bridgehead atoms. The maximum atomic E-state index is 14.6. The van der Waals surface area contributed by atoms with Gasteiger partial charge in [-0.1, -0.05) is 85.1 Å². The van der Waals surface area contributed by atoms with E-state index in [4.69, 9.17) is 17.3 Å². The van der Waals surface area contributed by atoms with Crippen LogP contribution in [-0.2, 0) is 24.0 Å². The minimum Gasteiger partial charge on any atom is -0.368 e. The Hall–Kier alpha value is -4.13. The second kappa shape index (κ2) is 17.3. The summed E-state index contributed by atoms with van der Waals surface area (Å²) in [5.41, 5.74) is 5.52. The number of nitrogens with zero attached hydrogens (tertiary/aromatic N) is 3. The van der Waals surface area contributed by atoms with E-state index >= 15 is 0 Å². The molecule has 0 radical (unpaired) electrons. The first-order valence-corrected chi connectivity index (χ1v) is 19.1. The van der Waals surface area contributed by atoms with E-state index in [0.29, 0.717) is 37.6 Å². The lowest BCUT2D eigenvalue weighted by atomic mass is 9.81. The summed E-state index contributed by atoms with van der Waals surface area (Å²) in [6.07, 6.45) is 3.81. The normalized spacial score (nSPS) is 22.2. The Morgan fingerprint density at radius 1 is 0.962 bits per heavy atom. The highest BCUT2D eigenvalue weighted by atomic mass is 35.5. The number of primary amides is 1. The van der Waals surface area contributed by atoms with Crippen LogP contribution >= 0.6 is 11.6 Å². The van der Waals surface area contributed by atoms with Gasteiger partial charge in [0.05, 0.1) is 6.04 Å². The second-order valence-electron chi connectivity index (χ2n) is 16.6. The van der Waals surface area contributed by atoms with Gasteiger partial charge in [-0.25, -0.2) is 4.79 Å². The SMILES string of the molecule is C=C[C@H]1CN(C(=O)[C@@H](NC(=O)N[C@H](C(=O)N2CCN(c3cccc(Cl)c3)CC2)C(C)C)C(C)(C)C)[C@H](C(=O)NC(CC2CC2)C(=O)C(N)=O)[C@H]1C(C)C. The number of likely N-dealkylation sites (tertiary alicyclic amines) is 1. The fraction of sp³-hybridized carbons (Fsp3) is 0.641. The van der Waals surface area contributed by atoms with Crippen LogP contribution in [0.2, 0.25) is 5.02 Å². The first-order chi connectivity index (χ1) is 24.8. The molecule has 13 nitrogen and oxygen atoms in total. The lowest BCUT2D eigenvalue weighted by molar-refractivity contribution is -0.144. The molecule has 0 aromatic heterocycles. The van der Waals surface area contributed by atoms with Gasteiger partial charge in [0.25, 0.3) is 5.91 Å². The summed E-state index contributed by atoms with van der Waals surface area (Å²) >= 11 is 6.19. The van der Waals surface area contributed by atoms with Crippen molar-refractivity contribution in [3.8, 4) is 0 Å². The van der Waals surface area contributed by atoms with Gasteiger partial charge in [0, 0.05) is 43.4 Å². The lowest BCUT2D eigenvalue weighted by Crippen LogP contribution is -2.63. The van der Waals surface area contributed by atoms with Crippen LogP contribution in [0.15, 0.2) is 36.9 Å². The van der Waals surface area contributed by atoms with Gasteiger partial charge >= 0.3 is 6.03 Å². The van der Waals surface area contributed by atoms with Crippen molar-refractivity contribution in [2.45, 2.75) is 91.9 Å². The third-order valence-electron chi connectivity index (χ3n) is 10.7. The van der Waals surface area contributed by atoms with Gasteiger partial charge in [-0.15, -0.1) is 6.58 Å². The van der Waals surface area contributed by atoms with Gasteiger partial charge in [-0.3, -0.25) is 24.0 Å². The number of halogens is 1. The molecular weight excluding hydrogens is 698 g/mol. The quantitative estimate of drug-likeness (QED) is 0.166. The number of nitrogens with two attached hydrogens (primary N) is 1. The predicted octanol–water partition coefficient (Wildman–Crippen LogP) is 3.35. The van der Waals surface area contributed by atoms with Crippen LogP contribution in [-0.4, -0.2) is 102 Å². The Morgan fingerprint density at radius 2 is 1.60 bits per heavy atom. The van der Waals surface area contributed by atoms with Crippen LogP contribution in [0.1, 0.15) is 67.7 Å². The highest BCUT2D eigenvalue weighted by Crippen LogP contribution is 2.39. The Labute approximate surface area is 318 Å². The van der Waals surface area contributed by atoms with Crippen molar-refractivity contribution in [1.29, 1.82) is 0 Å². The largest absolute Gasteiger partial charge is 0.368 e. The molecule has 1 unspecified atom stereocenters. The summed E-state index contributed by atoms with van der Waals surface area (Å²) in [5.74, 6) is -3.94. The summed E-state index contributed by atoms with van der Waals surface area (Å²) in [6.45, 7) is 19.4. The first kappa shape index (κ1) is 41.6. The lowest BCUT2D eigenvalue weighted by Gasteiger charge is -2.39. The van der Waals surface area contributed by atoms with Gasteiger partial charge in [0.15, 0.2) is 0 Å². The van der Waals surface area contributed by atoms with Crippen LogP contribution in [0, 0.1) is 35.0 Å². The van der Waals surface area contributed by atoms with E-state index in [9.17, 15) is 28.8 Å². The van der Waals surface area contributed by atoms with Crippen molar-refractivity contribution in [3.63, 3.8) is 0 Å². The van der Waals surface area contributed by atoms with E-state index in [2.05, 4.69) is 27.4 Å². The molecule has 2 aliphatic heterocycles. The number of ketones is 1. The fourth-order valence-electron chi connectivity index (χ4n) is 7.58. The number of amides is 6. The van der Waals surface area contributed by atoms with Crippen LogP contribution in [0.5, 0.6) is 0 Å². The summed E-state index contributed by atoms with van der Waals surface area (Å²) < 4.78 is 0. The maximum Gasteiger partial charge on any atom is 0.316 e. The van der Waals surface area contributed by atoms with E-state index in [0.717, 1.165) is 18.5 Å². The Morgan fingerprint density at radius 3 is 2.11 bits per heavy atom. The average Bonchev–Trinajstić information content (AvgIpc) is 3.82. The number of urea groups is 1. The molecule has 1 saturated carbocycles.